The van der Waals surface area contributed by atoms with E-state index >= 15 is 0 Å². The standard InChI is InChI=1S/C41H51N5O3S2.C7H17N/c1-30(2)13-14-31(3)32(4)34(28-41(5,6)7)29-44-22-24-45(25-23-44)35-17-15-33(16-18-35)40(47)43-51-37-19-20-38(39(27-37)46(48)49)42-21-26-50-36-11-9-8-10-12-36;1-5-8(4)6-7(2)3/h8-20,27,42H,1,3,21-26,28-29H2,2,4-7H3,(H,43,47);7H,5-6H2,1-4H3/b14-13-,34-32-;. The van der Waals surface area contributed by atoms with Crippen molar-refractivity contribution in [3.63, 3.8) is 0 Å². The number of carbonyl (C=O) groups excluding carboxylic acids is 1. The molecule has 59 heavy (non-hydrogen) atoms. The summed E-state index contributed by atoms with van der Waals surface area (Å²) in [7, 11) is 2.15. The summed E-state index contributed by atoms with van der Waals surface area (Å²) in [6, 6.07) is 22.6. The molecule has 0 saturated carbocycles. The number of allylic oxidation sites excluding steroid dienone is 5. The monoisotopic (exact) mass is 840 g/mol. The van der Waals surface area contributed by atoms with Gasteiger partial charge in [-0.2, -0.15) is 0 Å². The Morgan fingerprint density at radius 1 is 0.966 bits per heavy atom. The van der Waals surface area contributed by atoms with Gasteiger partial charge in [0.15, 0.2) is 0 Å². The minimum Gasteiger partial charge on any atom is -0.379 e. The lowest BCUT2D eigenvalue weighted by Gasteiger charge is -2.37. The predicted molar refractivity (Wildman–Crippen MR) is 255 cm³/mol. The minimum atomic E-state index is -0.402. The van der Waals surface area contributed by atoms with E-state index in [-0.39, 0.29) is 17.0 Å². The Morgan fingerprint density at radius 2 is 1.63 bits per heavy atom. The zero-order valence-electron chi connectivity index (χ0n) is 37.0. The number of benzene rings is 3. The molecule has 1 fully saturated rings. The second-order valence-electron chi connectivity index (χ2n) is 16.8. The third-order valence-electron chi connectivity index (χ3n) is 9.68. The topological polar surface area (TPSA) is 94.0 Å². The highest BCUT2D eigenvalue weighted by Gasteiger charge is 2.22. The van der Waals surface area contributed by atoms with Crippen molar-refractivity contribution in [2.45, 2.75) is 71.6 Å². The minimum absolute atomic E-state index is 0.0267. The number of piperazine rings is 1. The van der Waals surface area contributed by atoms with E-state index in [1.54, 1.807) is 23.9 Å². The Morgan fingerprint density at radius 3 is 2.19 bits per heavy atom. The summed E-state index contributed by atoms with van der Waals surface area (Å²) in [5, 5.41) is 15.0. The van der Waals surface area contributed by atoms with Gasteiger partial charge in [-0.25, -0.2) is 0 Å². The fourth-order valence-corrected chi connectivity index (χ4v) is 7.89. The van der Waals surface area contributed by atoms with Gasteiger partial charge in [0.25, 0.3) is 11.6 Å². The maximum absolute atomic E-state index is 13.0. The Labute approximate surface area is 363 Å². The summed E-state index contributed by atoms with van der Waals surface area (Å²) in [6.07, 6.45) is 5.10. The number of nitro groups is 1. The first-order valence-electron chi connectivity index (χ1n) is 20.6. The smallest absolute Gasteiger partial charge is 0.293 e. The van der Waals surface area contributed by atoms with Gasteiger partial charge in [0, 0.05) is 78.7 Å². The number of thioether (sulfide) groups is 1. The van der Waals surface area contributed by atoms with Crippen LogP contribution >= 0.6 is 23.7 Å². The molecule has 1 amide bonds. The third-order valence-corrected chi connectivity index (χ3v) is 11.5. The second kappa shape index (κ2) is 24.7. The SMILES string of the molecule is C=C(C)/C=C\C(=C)/C(C)=C(\CN1CCN(c2ccc(C(=O)NSc3ccc(NCCSc4ccccc4)c([N+](=O)[O-])c3)cc2)CC1)CC(C)(C)C.CCN(C)CC(C)C. The van der Waals surface area contributed by atoms with Crippen molar-refractivity contribution in [1.29, 1.82) is 0 Å². The van der Waals surface area contributed by atoms with Gasteiger partial charge in [0.1, 0.15) is 5.69 Å². The molecule has 0 aromatic heterocycles. The summed E-state index contributed by atoms with van der Waals surface area (Å²) in [5.74, 6) is 1.32. The molecular weight excluding hydrogens is 773 g/mol. The fourth-order valence-electron chi connectivity index (χ4n) is 6.46. The average Bonchev–Trinajstić information content (AvgIpc) is 3.20. The van der Waals surface area contributed by atoms with Crippen molar-refractivity contribution >= 4 is 46.7 Å². The van der Waals surface area contributed by atoms with E-state index in [4.69, 9.17) is 0 Å². The number of hydrogen-bond donors (Lipinski definition) is 2. The van der Waals surface area contributed by atoms with E-state index in [1.165, 1.54) is 23.8 Å². The molecule has 4 rings (SSSR count). The molecule has 0 radical (unpaired) electrons. The normalized spacial score (nSPS) is 13.8. The molecule has 0 spiro atoms. The lowest BCUT2D eigenvalue weighted by Crippen LogP contribution is -2.47. The zero-order chi connectivity index (χ0) is 43.5. The van der Waals surface area contributed by atoms with Crippen LogP contribution in [-0.4, -0.2) is 85.8 Å². The molecule has 9 nitrogen and oxygen atoms in total. The number of nitrogens with one attached hydrogen (secondary N) is 2. The molecule has 0 unspecified atom stereocenters. The van der Waals surface area contributed by atoms with Gasteiger partial charge in [-0.15, -0.1) is 11.8 Å². The third kappa shape index (κ3) is 18.2. The van der Waals surface area contributed by atoms with E-state index in [0.717, 1.165) is 91.0 Å². The van der Waals surface area contributed by atoms with Crippen LogP contribution in [0.25, 0.3) is 0 Å². The van der Waals surface area contributed by atoms with Gasteiger partial charge in [-0.05, 0) is 117 Å². The Kier molecular flexibility index (Phi) is 20.6. The summed E-state index contributed by atoms with van der Waals surface area (Å²) >= 11 is 2.75. The highest BCUT2D eigenvalue weighted by molar-refractivity contribution is 7.99. The van der Waals surface area contributed by atoms with Gasteiger partial charge in [-0.3, -0.25) is 24.5 Å². The summed E-state index contributed by atoms with van der Waals surface area (Å²) in [5.41, 5.74) is 6.95. The molecule has 2 N–H and O–H groups in total. The number of nitrogens with zero attached hydrogens (tertiary/aromatic N) is 4. The lowest BCUT2D eigenvalue weighted by molar-refractivity contribution is -0.384. The second-order valence-corrected chi connectivity index (χ2v) is 18.8. The van der Waals surface area contributed by atoms with Crippen LogP contribution in [0.4, 0.5) is 17.1 Å². The summed E-state index contributed by atoms with van der Waals surface area (Å²) in [6.45, 7) is 33.6. The molecule has 1 aliphatic heterocycles. The van der Waals surface area contributed by atoms with Crippen LogP contribution in [0.2, 0.25) is 0 Å². The molecule has 0 aliphatic carbocycles. The zero-order valence-corrected chi connectivity index (χ0v) is 38.6. The van der Waals surface area contributed by atoms with Crippen molar-refractivity contribution in [3.05, 3.63) is 136 Å². The van der Waals surface area contributed by atoms with Crippen molar-refractivity contribution in [2.24, 2.45) is 11.3 Å². The van der Waals surface area contributed by atoms with Crippen molar-refractivity contribution < 1.29 is 9.72 Å². The van der Waals surface area contributed by atoms with E-state index in [0.29, 0.717) is 22.7 Å². The first kappa shape index (κ1) is 49.1. The van der Waals surface area contributed by atoms with Crippen LogP contribution in [0.5, 0.6) is 0 Å². The largest absolute Gasteiger partial charge is 0.379 e. The number of carbonyl (C=O) groups is 1. The summed E-state index contributed by atoms with van der Waals surface area (Å²) < 4.78 is 2.83. The number of rotatable bonds is 19. The summed E-state index contributed by atoms with van der Waals surface area (Å²) in [4.78, 5) is 33.3. The molecular formula is C48H68N6O3S2. The van der Waals surface area contributed by atoms with Crippen LogP contribution < -0.4 is 14.9 Å². The van der Waals surface area contributed by atoms with Gasteiger partial charge in [-0.1, -0.05) is 96.2 Å². The van der Waals surface area contributed by atoms with Gasteiger partial charge < -0.3 is 15.1 Å². The molecule has 3 aromatic carbocycles. The van der Waals surface area contributed by atoms with Crippen LogP contribution in [0.3, 0.4) is 0 Å². The van der Waals surface area contributed by atoms with Gasteiger partial charge in [0.2, 0.25) is 0 Å². The average molecular weight is 841 g/mol. The molecule has 1 aliphatic rings. The quantitative estimate of drug-likeness (QED) is 0.0306. The first-order chi connectivity index (χ1) is 27.9. The van der Waals surface area contributed by atoms with Crippen LogP contribution in [0.1, 0.15) is 72.2 Å². The molecule has 3 aromatic rings. The Bertz CT molecular complexity index is 1880. The highest BCUT2D eigenvalue weighted by Crippen LogP contribution is 2.31. The fraction of sp³-hybridized carbons (Fsp3) is 0.438. The van der Waals surface area contributed by atoms with Crippen LogP contribution in [-0.2, 0) is 0 Å². The number of nitro benzene ring substituents is 1. The molecule has 1 saturated heterocycles. The number of anilines is 2. The molecule has 0 bridgehead atoms. The Balaban J connectivity index is 0.00000105. The number of amides is 1. The van der Waals surface area contributed by atoms with E-state index < -0.39 is 4.92 Å². The maximum atomic E-state index is 13.0. The van der Waals surface area contributed by atoms with Gasteiger partial charge in [0.05, 0.1) is 4.92 Å². The van der Waals surface area contributed by atoms with Crippen molar-refractivity contribution in [1.82, 2.24) is 14.5 Å². The van der Waals surface area contributed by atoms with E-state index in [2.05, 4.69) is 99.5 Å². The first-order valence-corrected chi connectivity index (χ1v) is 22.4. The molecule has 320 valence electrons. The number of hydrogen-bond acceptors (Lipinski definition) is 9. The highest BCUT2D eigenvalue weighted by atomic mass is 32.2. The van der Waals surface area contributed by atoms with Gasteiger partial charge >= 0.3 is 0 Å². The van der Waals surface area contributed by atoms with E-state index in [9.17, 15) is 14.9 Å². The van der Waals surface area contributed by atoms with Crippen molar-refractivity contribution in [3.8, 4) is 0 Å². The van der Waals surface area contributed by atoms with Crippen molar-refractivity contribution in [2.75, 3.05) is 75.4 Å². The molecule has 11 heteroatoms. The van der Waals surface area contributed by atoms with E-state index in [1.807, 2.05) is 67.6 Å². The van der Waals surface area contributed by atoms with Crippen LogP contribution in [0.15, 0.2) is 130 Å². The Hall–Kier alpha value is -4.29. The van der Waals surface area contributed by atoms with Crippen LogP contribution in [0, 0.1) is 21.4 Å². The predicted octanol–water partition coefficient (Wildman–Crippen LogP) is 11.4. The molecule has 0 atom stereocenters. The lowest BCUT2D eigenvalue weighted by atomic mass is 9.84. The molecule has 1 heterocycles. The maximum Gasteiger partial charge on any atom is 0.293 e.